The first-order valence-electron chi connectivity index (χ1n) is 8.29. The number of hydrogen-bond donors (Lipinski definition) is 2. The largest absolute Gasteiger partial charge is 0.493 e. The van der Waals surface area contributed by atoms with E-state index < -0.39 is 16.7 Å². The molecule has 1 fully saturated rings. The lowest BCUT2D eigenvalue weighted by atomic mass is 10.2. The fourth-order valence-corrected chi connectivity index (χ4v) is 2.68. The van der Waals surface area contributed by atoms with Crippen LogP contribution in [0, 0.1) is 17.0 Å². The second-order valence-corrected chi connectivity index (χ2v) is 5.95. The van der Waals surface area contributed by atoms with E-state index in [2.05, 4.69) is 0 Å². The highest BCUT2D eigenvalue weighted by Gasteiger charge is 2.27. The van der Waals surface area contributed by atoms with E-state index in [-0.39, 0.29) is 37.7 Å². The zero-order valence-corrected chi connectivity index (χ0v) is 14.8. The summed E-state index contributed by atoms with van der Waals surface area (Å²) in [6.07, 6.45) is 0.133. The highest BCUT2D eigenvalue weighted by Crippen LogP contribution is 2.23. The maximum absolute atomic E-state index is 12.2. The predicted molar refractivity (Wildman–Crippen MR) is 93.4 cm³/mol. The number of nitrogens with one attached hydrogen (secondary N) is 1. The smallest absolute Gasteiger partial charge is 0.323 e. The van der Waals surface area contributed by atoms with Crippen LogP contribution in [0.4, 0.5) is 5.69 Å². The summed E-state index contributed by atoms with van der Waals surface area (Å²) in [4.78, 5) is 48.3. The number of hydrazine groups is 1. The molecule has 0 saturated carbocycles. The number of piperazine rings is 1. The van der Waals surface area contributed by atoms with Crippen LogP contribution in [-0.4, -0.2) is 65.2 Å². The average molecular weight is 379 g/mol. The number of aryl methyl sites for hydroxylation is 1. The first kappa shape index (κ1) is 20.1. The van der Waals surface area contributed by atoms with Gasteiger partial charge in [0.1, 0.15) is 5.75 Å². The van der Waals surface area contributed by atoms with Gasteiger partial charge in [-0.2, -0.15) is 0 Å². The van der Waals surface area contributed by atoms with Crippen LogP contribution in [0.2, 0.25) is 0 Å². The van der Waals surface area contributed by atoms with E-state index in [0.29, 0.717) is 24.4 Å². The van der Waals surface area contributed by atoms with Crippen LogP contribution in [0.5, 0.6) is 5.75 Å². The molecule has 0 atom stereocenters. The van der Waals surface area contributed by atoms with Crippen molar-refractivity contribution in [1.82, 2.24) is 15.2 Å². The van der Waals surface area contributed by atoms with Crippen molar-refractivity contribution in [2.24, 2.45) is 5.84 Å². The normalized spacial score (nSPS) is 13.9. The number of amides is 3. The number of benzene rings is 1. The lowest BCUT2D eigenvalue weighted by Crippen LogP contribution is -2.54. The summed E-state index contributed by atoms with van der Waals surface area (Å²) < 4.78 is 5.54. The van der Waals surface area contributed by atoms with E-state index in [4.69, 9.17) is 10.6 Å². The zero-order valence-electron chi connectivity index (χ0n) is 14.8. The van der Waals surface area contributed by atoms with Gasteiger partial charge in [0.25, 0.3) is 5.69 Å². The third kappa shape index (κ3) is 5.14. The molecule has 27 heavy (non-hydrogen) atoms. The third-order valence-corrected chi connectivity index (χ3v) is 4.19. The number of carbonyl (C=O) groups excluding carboxylic acids is 3. The van der Waals surface area contributed by atoms with Crippen LogP contribution >= 0.6 is 0 Å². The Morgan fingerprint density at radius 2 is 1.85 bits per heavy atom. The molecule has 1 aliphatic rings. The molecule has 2 rings (SSSR count). The molecule has 1 aromatic carbocycles. The molecule has 1 aromatic rings. The van der Waals surface area contributed by atoms with Crippen molar-refractivity contribution in [3.8, 4) is 5.75 Å². The van der Waals surface area contributed by atoms with Gasteiger partial charge in [0.05, 0.1) is 18.0 Å². The molecule has 3 N–H and O–H groups in total. The number of nitrogens with zero attached hydrogens (tertiary/aromatic N) is 3. The molecular weight excluding hydrogens is 358 g/mol. The number of rotatable bonds is 5. The molecule has 0 bridgehead atoms. The molecule has 1 aliphatic heterocycles. The molecular formula is C16H21N5O6. The maximum Gasteiger partial charge on any atom is 0.323 e. The molecule has 1 saturated heterocycles. The van der Waals surface area contributed by atoms with Crippen LogP contribution < -0.4 is 16.0 Å². The van der Waals surface area contributed by atoms with Crippen molar-refractivity contribution >= 4 is 23.4 Å². The number of nitrogens with two attached hydrogens (primary N) is 1. The number of ether oxygens (including phenoxy) is 1. The third-order valence-electron chi connectivity index (χ3n) is 4.19. The van der Waals surface area contributed by atoms with E-state index in [0.717, 1.165) is 0 Å². The van der Waals surface area contributed by atoms with Gasteiger partial charge in [-0.05, 0) is 18.6 Å². The van der Waals surface area contributed by atoms with Gasteiger partial charge in [0, 0.05) is 38.3 Å². The molecule has 0 unspecified atom stereocenters. The van der Waals surface area contributed by atoms with Crippen LogP contribution in [-0.2, 0) is 14.4 Å². The van der Waals surface area contributed by atoms with E-state index in [1.165, 1.54) is 23.1 Å². The number of carbonyl (C=O) groups is 3. The molecule has 0 spiro atoms. The number of hydrogen-bond acceptors (Lipinski definition) is 7. The summed E-state index contributed by atoms with van der Waals surface area (Å²) in [5.41, 5.74) is 2.38. The van der Waals surface area contributed by atoms with Crippen molar-refractivity contribution in [2.45, 2.75) is 13.3 Å². The van der Waals surface area contributed by atoms with Crippen LogP contribution in [0.1, 0.15) is 12.0 Å². The van der Waals surface area contributed by atoms with Crippen molar-refractivity contribution < 1.29 is 24.0 Å². The molecule has 3 amide bonds. The molecule has 0 aliphatic carbocycles. The quantitative estimate of drug-likeness (QED) is 0.227. The topological polar surface area (TPSA) is 148 Å². The van der Waals surface area contributed by atoms with E-state index >= 15 is 0 Å². The van der Waals surface area contributed by atoms with Gasteiger partial charge in [0.2, 0.25) is 5.91 Å². The monoisotopic (exact) mass is 379 g/mol. The van der Waals surface area contributed by atoms with Gasteiger partial charge in [-0.3, -0.25) is 29.9 Å². The Labute approximate surface area is 155 Å². The summed E-state index contributed by atoms with van der Waals surface area (Å²) in [5, 5.41) is 10.7. The SMILES string of the molecule is Cc1cc([N+](=O)[O-])ccc1OCCC(=O)N1CCN(C(=O)C(=O)NN)CC1. The maximum atomic E-state index is 12.2. The van der Waals surface area contributed by atoms with Crippen molar-refractivity contribution in [3.05, 3.63) is 33.9 Å². The minimum absolute atomic E-state index is 0.0216. The van der Waals surface area contributed by atoms with Crippen molar-refractivity contribution in [1.29, 1.82) is 0 Å². The Balaban J connectivity index is 1.78. The molecule has 0 radical (unpaired) electrons. The lowest BCUT2D eigenvalue weighted by molar-refractivity contribution is -0.384. The summed E-state index contributed by atoms with van der Waals surface area (Å²) in [7, 11) is 0. The molecule has 1 heterocycles. The fourth-order valence-electron chi connectivity index (χ4n) is 2.68. The van der Waals surface area contributed by atoms with Gasteiger partial charge in [-0.1, -0.05) is 0 Å². The summed E-state index contributed by atoms with van der Waals surface area (Å²) in [5.74, 6) is 3.67. The standard InChI is InChI=1S/C16H21N5O6/c1-11-10-12(21(25)26)2-3-13(11)27-9-4-14(22)19-5-7-20(8-6-19)16(24)15(23)18-17/h2-3,10H,4-9,17H2,1H3,(H,18,23). The minimum atomic E-state index is -0.887. The van der Waals surface area contributed by atoms with Crippen LogP contribution in [0.15, 0.2) is 18.2 Å². The Bertz CT molecular complexity index is 745. The Hall–Kier alpha value is -3.21. The molecule has 11 nitrogen and oxygen atoms in total. The van der Waals surface area contributed by atoms with Crippen molar-refractivity contribution in [2.75, 3.05) is 32.8 Å². The number of nitro groups is 1. The van der Waals surface area contributed by atoms with Gasteiger partial charge >= 0.3 is 11.8 Å². The second-order valence-electron chi connectivity index (χ2n) is 5.95. The highest BCUT2D eigenvalue weighted by atomic mass is 16.6. The van der Waals surface area contributed by atoms with E-state index in [1.54, 1.807) is 17.2 Å². The molecule has 146 valence electrons. The summed E-state index contributed by atoms with van der Waals surface area (Å²) in [6.45, 7) is 2.96. The van der Waals surface area contributed by atoms with Gasteiger partial charge < -0.3 is 14.5 Å². The first-order valence-corrected chi connectivity index (χ1v) is 8.29. The second kappa shape index (κ2) is 8.94. The summed E-state index contributed by atoms with van der Waals surface area (Å²) in [6, 6.07) is 4.26. The fraction of sp³-hybridized carbons (Fsp3) is 0.438. The Morgan fingerprint density at radius 1 is 1.22 bits per heavy atom. The molecule has 11 heteroatoms. The van der Waals surface area contributed by atoms with Crippen LogP contribution in [0.3, 0.4) is 0 Å². The van der Waals surface area contributed by atoms with E-state index in [9.17, 15) is 24.5 Å². The predicted octanol–water partition coefficient (Wildman–Crippen LogP) is -0.667. The van der Waals surface area contributed by atoms with Gasteiger partial charge in [0.15, 0.2) is 0 Å². The van der Waals surface area contributed by atoms with Gasteiger partial charge in [-0.15, -0.1) is 0 Å². The van der Waals surface area contributed by atoms with Crippen LogP contribution in [0.25, 0.3) is 0 Å². The Kier molecular flexibility index (Phi) is 6.66. The van der Waals surface area contributed by atoms with E-state index in [1.807, 2.05) is 0 Å². The average Bonchev–Trinajstić information content (AvgIpc) is 2.67. The minimum Gasteiger partial charge on any atom is -0.493 e. The van der Waals surface area contributed by atoms with Gasteiger partial charge in [-0.25, -0.2) is 5.84 Å². The number of nitro benzene ring substituents is 1. The summed E-state index contributed by atoms with van der Waals surface area (Å²) >= 11 is 0. The Morgan fingerprint density at radius 3 is 2.41 bits per heavy atom. The van der Waals surface area contributed by atoms with Crippen molar-refractivity contribution in [3.63, 3.8) is 0 Å². The molecule has 0 aromatic heterocycles. The highest BCUT2D eigenvalue weighted by molar-refractivity contribution is 6.34. The number of non-ortho nitro benzene ring substituents is 1. The zero-order chi connectivity index (χ0) is 20.0. The first-order chi connectivity index (χ1) is 12.8. The lowest BCUT2D eigenvalue weighted by Gasteiger charge is -2.34.